The molecule has 2 aliphatic rings. The van der Waals surface area contributed by atoms with Crippen molar-refractivity contribution in [2.24, 2.45) is 7.05 Å². The lowest BCUT2D eigenvalue weighted by Crippen LogP contribution is -2.44. The van der Waals surface area contributed by atoms with E-state index >= 15 is 0 Å². The Morgan fingerprint density at radius 3 is 2.44 bits per heavy atom. The average molecular weight is 467 g/mol. The molecular formula is C24H25N3O7. The fourth-order valence-corrected chi connectivity index (χ4v) is 4.72. The van der Waals surface area contributed by atoms with Gasteiger partial charge >= 0.3 is 5.69 Å². The molecule has 34 heavy (non-hydrogen) atoms. The number of methoxy groups -OCH3 is 2. The predicted molar refractivity (Wildman–Crippen MR) is 123 cm³/mol. The summed E-state index contributed by atoms with van der Waals surface area (Å²) in [4.78, 5) is 28.9. The minimum absolute atomic E-state index is 0.0681. The molecular weight excluding hydrogens is 442 g/mol. The Labute approximate surface area is 195 Å². The van der Waals surface area contributed by atoms with Gasteiger partial charge in [0, 0.05) is 19.2 Å². The summed E-state index contributed by atoms with van der Waals surface area (Å²) in [6.45, 7) is 0.690. The van der Waals surface area contributed by atoms with Crippen LogP contribution in [-0.4, -0.2) is 53.7 Å². The number of hydrogen-bond donors (Lipinski definition) is 1. The number of aromatic nitrogens is 2. The van der Waals surface area contributed by atoms with Crippen LogP contribution in [0.4, 0.5) is 0 Å². The molecule has 10 heteroatoms. The lowest BCUT2D eigenvalue weighted by atomic mass is 9.87. The van der Waals surface area contributed by atoms with Gasteiger partial charge in [0.1, 0.15) is 5.75 Å². The molecule has 0 bridgehead atoms. The maximum Gasteiger partial charge on any atom is 0.338 e. The smallest absolute Gasteiger partial charge is 0.338 e. The van der Waals surface area contributed by atoms with E-state index in [4.69, 9.17) is 18.9 Å². The second-order valence-electron chi connectivity index (χ2n) is 8.27. The molecule has 1 aromatic heterocycles. The molecule has 0 aliphatic carbocycles. The number of likely N-dealkylation sites (N-methyl/N-ethyl adjacent to an activating group) is 1. The molecule has 3 heterocycles. The Hall–Kier alpha value is -3.92. The van der Waals surface area contributed by atoms with Gasteiger partial charge in [-0.15, -0.1) is 0 Å². The highest BCUT2D eigenvalue weighted by atomic mass is 16.7. The van der Waals surface area contributed by atoms with Gasteiger partial charge in [-0.2, -0.15) is 0 Å². The number of fused-ring (bicyclic) bond motifs is 2. The molecule has 0 radical (unpaired) electrons. The van der Waals surface area contributed by atoms with E-state index in [9.17, 15) is 14.7 Å². The number of benzene rings is 2. The van der Waals surface area contributed by atoms with E-state index in [0.29, 0.717) is 47.2 Å². The topological polar surface area (TPSA) is 104 Å². The highest BCUT2D eigenvalue weighted by Gasteiger charge is 2.38. The van der Waals surface area contributed by atoms with Crippen LogP contribution in [0.1, 0.15) is 22.7 Å². The summed E-state index contributed by atoms with van der Waals surface area (Å²) in [5.41, 5.74) is 0.783. The fourth-order valence-electron chi connectivity index (χ4n) is 4.72. The van der Waals surface area contributed by atoms with Gasteiger partial charge in [0.15, 0.2) is 11.5 Å². The van der Waals surface area contributed by atoms with Crippen LogP contribution in [0.5, 0.6) is 28.9 Å². The van der Waals surface area contributed by atoms with Crippen molar-refractivity contribution in [1.29, 1.82) is 0 Å². The summed E-state index contributed by atoms with van der Waals surface area (Å²) in [5, 5.41) is 11.1. The van der Waals surface area contributed by atoms with Gasteiger partial charge < -0.3 is 24.1 Å². The van der Waals surface area contributed by atoms with Crippen molar-refractivity contribution in [1.82, 2.24) is 14.0 Å². The number of ether oxygens (including phenoxy) is 4. The largest absolute Gasteiger partial charge is 0.497 e. The molecule has 5 rings (SSSR count). The molecule has 0 saturated carbocycles. The Morgan fingerprint density at radius 2 is 1.76 bits per heavy atom. The van der Waals surface area contributed by atoms with Crippen molar-refractivity contribution < 1.29 is 24.1 Å². The number of hydrogen-bond acceptors (Lipinski definition) is 8. The van der Waals surface area contributed by atoms with Gasteiger partial charge in [0.05, 0.1) is 31.5 Å². The van der Waals surface area contributed by atoms with Gasteiger partial charge in [0.25, 0.3) is 5.56 Å². The summed E-state index contributed by atoms with van der Waals surface area (Å²) in [6, 6.07) is 7.79. The third kappa shape index (κ3) is 3.13. The van der Waals surface area contributed by atoms with Crippen molar-refractivity contribution in [2.75, 3.05) is 34.6 Å². The van der Waals surface area contributed by atoms with Crippen molar-refractivity contribution in [3.63, 3.8) is 0 Å². The third-order valence-electron chi connectivity index (χ3n) is 6.47. The molecule has 1 atom stereocenters. The predicted octanol–water partition coefficient (Wildman–Crippen LogP) is 1.56. The molecule has 0 fully saturated rings. The Balaban J connectivity index is 1.80. The number of aromatic hydroxyl groups is 1. The first-order chi connectivity index (χ1) is 16.4. The SMILES string of the molecule is COc1ccc(-n2c(=O)c(C3c4c(cc5c(c4OC)OCO5)CCN3C)c(O)n(C)c2=O)cc1. The summed E-state index contributed by atoms with van der Waals surface area (Å²) in [7, 11) is 6.36. The second kappa shape index (κ2) is 8.14. The van der Waals surface area contributed by atoms with E-state index in [1.165, 1.54) is 21.3 Å². The van der Waals surface area contributed by atoms with Crippen LogP contribution in [-0.2, 0) is 13.5 Å². The van der Waals surface area contributed by atoms with Crippen molar-refractivity contribution in [3.05, 3.63) is 67.9 Å². The summed E-state index contributed by atoms with van der Waals surface area (Å²) in [5.74, 6) is 1.68. The zero-order valence-electron chi connectivity index (χ0n) is 19.3. The fraction of sp³-hybridized carbons (Fsp3) is 0.333. The van der Waals surface area contributed by atoms with Gasteiger partial charge in [0.2, 0.25) is 18.4 Å². The Bertz CT molecular complexity index is 1390. The molecule has 178 valence electrons. The Kier molecular flexibility index (Phi) is 5.24. The lowest BCUT2D eigenvalue weighted by molar-refractivity contribution is 0.170. The van der Waals surface area contributed by atoms with E-state index in [1.54, 1.807) is 24.3 Å². The van der Waals surface area contributed by atoms with Gasteiger partial charge in [-0.3, -0.25) is 14.3 Å². The normalized spacial score (nSPS) is 16.9. The monoisotopic (exact) mass is 467 g/mol. The molecule has 0 saturated heterocycles. The average Bonchev–Trinajstić information content (AvgIpc) is 3.31. The van der Waals surface area contributed by atoms with E-state index in [0.717, 1.165) is 14.7 Å². The van der Waals surface area contributed by atoms with E-state index in [2.05, 4.69) is 0 Å². The lowest BCUT2D eigenvalue weighted by Gasteiger charge is -2.36. The summed E-state index contributed by atoms with van der Waals surface area (Å²) >= 11 is 0. The Morgan fingerprint density at radius 1 is 1.03 bits per heavy atom. The molecule has 2 aromatic carbocycles. The molecule has 1 unspecified atom stereocenters. The number of rotatable bonds is 4. The first kappa shape index (κ1) is 21.9. The minimum Gasteiger partial charge on any atom is -0.497 e. The van der Waals surface area contributed by atoms with Crippen LogP contribution in [0.25, 0.3) is 5.69 Å². The molecule has 3 aromatic rings. The molecule has 0 spiro atoms. The summed E-state index contributed by atoms with van der Waals surface area (Å²) in [6.07, 6.45) is 0.689. The standard InChI is InChI=1S/C24H25N3O7/c1-25-10-9-13-11-16-20(34-12-33-16)21(32-4)17(13)19(25)18-22(28)26(2)24(30)27(23(18)29)14-5-7-15(31-3)8-6-14/h5-8,11,19,28H,9-10,12H2,1-4H3. The number of nitrogens with zero attached hydrogens (tertiary/aromatic N) is 3. The van der Waals surface area contributed by atoms with Crippen LogP contribution >= 0.6 is 0 Å². The zero-order valence-corrected chi connectivity index (χ0v) is 19.3. The zero-order chi connectivity index (χ0) is 24.1. The highest BCUT2D eigenvalue weighted by Crippen LogP contribution is 2.51. The second-order valence-corrected chi connectivity index (χ2v) is 8.27. The van der Waals surface area contributed by atoms with E-state index in [1.807, 2.05) is 18.0 Å². The van der Waals surface area contributed by atoms with Crippen LogP contribution < -0.4 is 30.2 Å². The third-order valence-corrected chi connectivity index (χ3v) is 6.47. The van der Waals surface area contributed by atoms with Crippen LogP contribution in [0.3, 0.4) is 0 Å². The van der Waals surface area contributed by atoms with Gasteiger partial charge in [-0.1, -0.05) is 0 Å². The minimum atomic E-state index is -0.683. The maximum absolute atomic E-state index is 13.8. The van der Waals surface area contributed by atoms with Crippen LogP contribution in [0, 0.1) is 0 Å². The summed E-state index contributed by atoms with van der Waals surface area (Å²) < 4.78 is 24.2. The quantitative estimate of drug-likeness (QED) is 0.617. The molecule has 0 amide bonds. The van der Waals surface area contributed by atoms with Gasteiger partial charge in [-0.25, -0.2) is 9.36 Å². The van der Waals surface area contributed by atoms with Crippen molar-refractivity contribution in [3.8, 4) is 34.6 Å². The molecule has 2 aliphatic heterocycles. The molecule has 1 N–H and O–H groups in total. The highest BCUT2D eigenvalue weighted by molar-refractivity contribution is 5.63. The van der Waals surface area contributed by atoms with E-state index in [-0.39, 0.29) is 12.4 Å². The maximum atomic E-state index is 13.8. The van der Waals surface area contributed by atoms with Crippen molar-refractivity contribution in [2.45, 2.75) is 12.5 Å². The molecule has 10 nitrogen and oxygen atoms in total. The van der Waals surface area contributed by atoms with Crippen LogP contribution in [0.2, 0.25) is 0 Å². The van der Waals surface area contributed by atoms with Crippen molar-refractivity contribution >= 4 is 0 Å². The van der Waals surface area contributed by atoms with Gasteiger partial charge in [-0.05, 0) is 49.4 Å². The first-order valence-corrected chi connectivity index (χ1v) is 10.8. The van der Waals surface area contributed by atoms with Crippen LogP contribution in [0.15, 0.2) is 39.9 Å². The first-order valence-electron chi connectivity index (χ1n) is 10.8. The van der Waals surface area contributed by atoms with E-state index < -0.39 is 23.2 Å².